The van der Waals surface area contributed by atoms with Gasteiger partial charge in [0.05, 0.1) is 4.83 Å². The molecule has 2 aromatic rings. The monoisotopic (exact) mass is 388 g/mol. The van der Waals surface area contributed by atoms with E-state index in [0.717, 1.165) is 21.7 Å². The number of benzene rings is 2. The standard InChI is InChI=1S/C15H12Br2F2/c1-8-4-3-5-10(14(8)16)15(17)11-6-9(2)12(18)7-13(11)19/h3-7,15H,1-2H3. The van der Waals surface area contributed by atoms with Gasteiger partial charge in [-0.05, 0) is 36.6 Å². The van der Waals surface area contributed by atoms with E-state index in [1.54, 1.807) is 13.0 Å². The molecule has 4 heteroatoms. The summed E-state index contributed by atoms with van der Waals surface area (Å²) >= 11 is 7.01. The van der Waals surface area contributed by atoms with E-state index in [9.17, 15) is 8.78 Å². The molecule has 0 aliphatic heterocycles. The minimum atomic E-state index is -0.543. The van der Waals surface area contributed by atoms with Gasteiger partial charge in [-0.15, -0.1) is 0 Å². The van der Waals surface area contributed by atoms with Crippen LogP contribution in [0.2, 0.25) is 0 Å². The first-order valence-corrected chi connectivity index (χ1v) is 7.47. The lowest BCUT2D eigenvalue weighted by Crippen LogP contribution is -2.00. The number of hydrogen-bond donors (Lipinski definition) is 0. The highest BCUT2D eigenvalue weighted by Gasteiger charge is 2.19. The summed E-state index contributed by atoms with van der Waals surface area (Å²) in [7, 11) is 0. The summed E-state index contributed by atoms with van der Waals surface area (Å²) in [5, 5.41) is 0. The Labute approximate surface area is 128 Å². The van der Waals surface area contributed by atoms with E-state index in [1.165, 1.54) is 0 Å². The van der Waals surface area contributed by atoms with Crippen molar-refractivity contribution >= 4 is 31.9 Å². The van der Waals surface area contributed by atoms with E-state index in [4.69, 9.17) is 0 Å². The van der Waals surface area contributed by atoms with E-state index in [-0.39, 0.29) is 4.83 Å². The third-order valence-corrected chi connectivity index (χ3v) is 5.12. The largest absolute Gasteiger partial charge is 0.207 e. The molecule has 19 heavy (non-hydrogen) atoms. The fourth-order valence-corrected chi connectivity index (χ4v) is 3.44. The summed E-state index contributed by atoms with van der Waals surface area (Å²) in [6.07, 6.45) is 0. The van der Waals surface area contributed by atoms with Crippen molar-refractivity contribution in [1.82, 2.24) is 0 Å². The van der Waals surface area contributed by atoms with Gasteiger partial charge in [0.1, 0.15) is 11.6 Å². The Morgan fingerprint density at radius 3 is 2.32 bits per heavy atom. The Bertz CT molecular complexity index is 624. The average molecular weight is 390 g/mol. The summed E-state index contributed by atoms with van der Waals surface area (Å²) in [4.78, 5) is -0.318. The first kappa shape index (κ1) is 14.7. The summed E-state index contributed by atoms with van der Waals surface area (Å²) in [5.74, 6) is -1.07. The molecule has 0 saturated carbocycles. The highest BCUT2D eigenvalue weighted by Crippen LogP contribution is 2.38. The molecule has 0 saturated heterocycles. The maximum atomic E-state index is 13.9. The smallest absolute Gasteiger partial charge is 0.130 e. The molecule has 2 aromatic carbocycles. The van der Waals surface area contributed by atoms with E-state index >= 15 is 0 Å². The van der Waals surface area contributed by atoms with Crippen LogP contribution in [0.4, 0.5) is 8.78 Å². The van der Waals surface area contributed by atoms with Gasteiger partial charge in [0.25, 0.3) is 0 Å². The predicted molar refractivity (Wildman–Crippen MR) is 80.7 cm³/mol. The predicted octanol–water partition coefficient (Wildman–Crippen LogP) is 5.83. The molecule has 0 aliphatic carbocycles. The van der Waals surface area contributed by atoms with E-state index < -0.39 is 11.6 Å². The third kappa shape index (κ3) is 2.90. The van der Waals surface area contributed by atoms with Crippen LogP contribution in [0.5, 0.6) is 0 Å². The lowest BCUT2D eigenvalue weighted by molar-refractivity contribution is 0.569. The van der Waals surface area contributed by atoms with Crippen molar-refractivity contribution in [2.24, 2.45) is 0 Å². The summed E-state index contributed by atoms with van der Waals surface area (Å²) < 4.78 is 28.1. The lowest BCUT2D eigenvalue weighted by atomic mass is 10.0. The summed E-state index contributed by atoms with van der Waals surface area (Å²) in [5.41, 5.74) is 2.86. The Morgan fingerprint density at radius 1 is 0.947 bits per heavy atom. The fraction of sp³-hybridized carbons (Fsp3) is 0.200. The third-order valence-electron chi connectivity index (χ3n) is 3.05. The van der Waals surface area contributed by atoms with Crippen LogP contribution in [0.1, 0.15) is 27.1 Å². The van der Waals surface area contributed by atoms with Crippen molar-refractivity contribution in [3.63, 3.8) is 0 Å². The van der Waals surface area contributed by atoms with Gasteiger partial charge < -0.3 is 0 Å². The molecular weight excluding hydrogens is 378 g/mol. The molecule has 0 bridgehead atoms. The SMILES string of the molecule is Cc1cc(C(Br)c2cccc(C)c2Br)c(F)cc1F. The van der Waals surface area contributed by atoms with Crippen LogP contribution < -0.4 is 0 Å². The Hall–Kier alpha value is -0.740. The summed E-state index contributed by atoms with van der Waals surface area (Å²) in [6, 6.07) is 8.27. The molecule has 0 N–H and O–H groups in total. The van der Waals surface area contributed by atoms with Crippen LogP contribution in [-0.2, 0) is 0 Å². The van der Waals surface area contributed by atoms with Crippen LogP contribution in [-0.4, -0.2) is 0 Å². The fourth-order valence-electron chi connectivity index (χ4n) is 1.91. The van der Waals surface area contributed by atoms with Crippen LogP contribution >= 0.6 is 31.9 Å². The lowest BCUT2D eigenvalue weighted by Gasteiger charge is -2.16. The molecule has 2 rings (SSSR count). The molecule has 1 atom stereocenters. The number of hydrogen-bond acceptors (Lipinski definition) is 0. The van der Waals surface area contributed by atoms with Gasteiger partial charge >= 0.3 is 0 Å². The molecule has 0 nitrogen and oxygen atoms in total. The number of alkyl halides is 1. The van der Waals surface area contributed by atoms with Crippen LogP contribution in [0.25, 0.3) is 0 Å². The topological polar surface area (TPSA) is 0 Å². The van der Waals surface area contributed by atoms with Gasteiger partial charge in [-0.3, -0.25) is 0 Å². The number of aryl methyl sites for hydroxylation is 2. The van der Waals surface area contributed by atoms with Gasteiger partial charge in [0.15, 0.2) is 0 Å². The van der Waals surface area contributed by atoms with Gasteiger partial charge in [0, 0.05) is 16.1 Å². The van der Waals surface area contributed by atoms with Gasteiger partial charge in [-0.1, -0.05) is 50.1 Å². The first-order valence-electron chi connectivity index (χ1n) is 5.76. The van der Waals surface area contributed by atoms with Crippen molar-refractivity contribution in [3.05, 3.63) is 68.7 Å². The van der Waals surface area contributed by atoms with Crippen molar-refractivity contribution in [2.75, 3.05) is 0 Å². The quantitative estimate of drug-likeness (QED) is 0.567. The second-order valence-electron chi connectivity index (χ2n) is 4.46. The van der Waals surface area contributed by atoms with Crippen molar-refractivity contribution in [2.45, 2.75) is 18.7 Å². The van der Waals surface area contributed by atoms with Gasteiger partial charge in [-0.25, -0.2) is 8.78 Å². The van der Waals surface area contributed by atoms with Crippen LogP contribution in [0, 0.1) is 25.5 Å². The normalized spacial score (nSPS) is 12.5. The molecular formula is C15H12Br2F2. The zero-order chi connectivity index (χ0) is 14.2. The Balaban J connectivity index is 2.53. The molecule has 0 amide bonds. The van der Waals surface area contributed by atoms with E-state index in [1.807, 2.05) is 25.1 Å². The number of rotatable bonds is 2. The first-order chi connectivity index (χ1) is 8.91. The second-order valence-corrected chi connectivity index (χ2v) is 6.17. The van der Waals surface area contributed by atoms with Crippen molar-refractivity contribution in [1.29, 1.82) is 0 Å². The maximum absolute atomic E-state index is 13.9. The van der Waals surface area contributed by atoms with Gasteiger partial charge in [-0.2, -0.15) is 0 Å². The summed E-state index contributed by atoms with van der Waals surface area (Å²) in [6.45, 7) is 3.60. The van der Waals surface area contributed by atoms with Crippen LogP contribution in [0.3, 0.4) is 0 Å². The van der Waals surface area contributed by atoms with Gasteiger partial charge in [0.2, 0.25) is 0 Å². The minimum Gasteiger partial charge on any atom is -0.207 e. The molecule has 100 valence electrons. The van der Waals surface area contributed by atoms with Crippen LogP contribution in [0.15, 0.2) is 34.8 Å². The average Bonchev–Trinajstić information content (AvgIpc) is 2.36. The van der Waals surface area contributed by atoms with E-state index in [0.29, 0.717) is 11.1 Å². The molecule has 0 aromatic heterocycles. The molecule has 0 spiro atoms. The maximum Gasteiger partial charge on any atom is 0.130 e. The second kappa shape index (κ2) is 5.71. The number of halogens is 4. The Kier molecular flexibility index (Phi) is 4.41. The molecule has 1 unspecified atom stereocenters. The zero-order valence-electron chi connectivity index (χ0n) is 10.5. The highest BCUT2D eigenvalue weighted by molar-refractivity contribution is 9.11. The van der Waals surface area contributed by atoms with Crippen molar-refractivity contribution in [3.8, 4) is 0 Å². The van der Waals surface area contributed by atoms with E-state index in [2.05, 4.69) is 31.9 Å². The molecule has 0 fully saturated rings. The highest BCUT2D eigenvalue weighted by atomic mass is 79.9. The Morgan fingerprint density at radius 2 is 1.63 bits per heavy atom. The molecule has 0 radical (unpaired) electrons. The molecule has 0 aliphatic rings. The van der Waals surface area contributed by atoms with Crippen molar-refractivity contribution < 1.29 is 8.78 Å². The minimum absolute atomic E-state index is 0.318. The molecule has 0 heterocycles. The zero-order valence-corrected chi connectivity index (χ0v) is 13.6.